The molecule has 0 spiro atoms. The minimum absolute atomic E-state index is 0.0133. The zero-order chi connectivity index (χ0) is 15.2. The van der Waals surface area contributed by atoms with Gasteiger partial charge in [0.05, 0.1) is 14.2 Å². The number of methoxy groups -OCH3 is 2. The van der Waals surface area contributed by atoms with Crippen LogP contribution in [0.5, 0.6) is 5.75 Å². The van der Waals surface area contributed by atoms with Crippen LogP contribution in [0.25, 0.3) is 16.5 Å². The highest BCUT2D eigenvalue weighted by Gasteiger charge is 2.10. The summed E-state index contributed by atoms with van der Waals surface area (Å²) in [5.74, 6) is 0.171. The molecule has 106 valence electrons. The molecule has 0 N–H and O–H groups in total. The molecule has 4 nitrogen and oxygen atoms in total. The van der Waals surface area contributed by atoms with Gasteiger partial charge in [0.2, 0.25) is 0 Å². The first kappa shape index (κ1) is 14.8. The first-order valence-corrected chi connectivity index (χ1v) is 6.94. The quantitative estimate of drug-likeness (QED) is 0.492. The molecule has 0 bridgehead atoms. The molecule has 1 aromatic carbocycles. The lowest BCUT2D eigenvalue weighted by atomic mass is 10.2. The highest BCUT2D eigenvalue weighted by atomic mass is 32.1. The predicted octanol–water partition coefficient (Wildman–Crippen LogP) is 3.50. The van der Waals surface area contributed by atoms with E-state index in [1.807, 2.05) is 42.5 Å². The Balaban J connectivity index is 2.27. The highest BCUT2D eigenvalue weighted by Crippen LogP contribution is 2.30. The third kappa shape index (κ3) is 3.50. The molecule has 0 aliphatic heterocycles. The molecule has 5 heteroatoms. The fourth-order valence-electron chi connectivity index (χ4n) is 1.73. The molecule has 0 amide bonds. The van der Waals surface area contributed by atoms with Crippen LogP contribution in [0.1, 0.15) is 4.88 Å². The molecule has 0 aliphatic carbocycles. The van der Waals surface area contributed by atoms with Crippen molar-refractivity contribution in [2.75, 3.05) is 14.2 Å². The molecular weight excluding hydrogens is 286 g/mol. The van der Waals surface area contributed by atoms with Crippen molar-refractivity contribution in [3.63, 3.8) is 0 Å². The fourth-order valence-corrected chi connectivity index (χ4v) is 2.69. The van der Waals surface area contributed by atoms with E-state index < -0.39 is 5.97 Å². The number of esters is 1. The van der Waals surface area contributed by atoms with Crippen molar-refractivity contribution in [2.24, 2.45) is 0 Å². The second kappa shape index (κ2) is 6.73. The Morgan fingerprint density at radius 2 is 1.90 bits per heavy atom. The van der Waals surface area contributed by atoms with Gasteiger partial charge in [-0.05, 0) is 48.0 Å². The van der Waals surface area contributed by atoms with Gasteiger partial charge in [-0.3, -0.25) is 0 Å². The van der Waals surface area contributed by atoms with Gasteiger partial charge >= 0.3 is 5.97 Å². The molecule has 21 heavy (non-hydrogen) atoms. The van der Waals surface area contributed by atoms with E-state index in [0.29, 0.717) is 0 Å². The number of thiophene rings is 1. The number of hydrogen-bond acceptors (Lipinski definition) is 5. The molecule has 2 rings (SSSR count). The van der Waals surface area contributed by atoms with Crippen LogP contribution in [0.15, 0.2) is 42.0 Å². The number of hydrogen-bond donors (Lipinski definition) is 0. The number of carbonyl (C=O) groups is 1. The topological polar surface area (TPSA) is 59.3 Å². The minimum Gasteiger partial charge on any atom is -0.497 e. The van der Waals surface area contributed by atoms with Crippen LogP contribution in [0.4, 0.5) is 0 Å². The molecule has 1 heterocycles. The summed E-state index contributed by atoms with van der Waals surface area (Å²) in [5.41, 5.74) is 1.04. The van der Waals surface area contributed by atoms with E-state index in [-0.39, 0.29) is 5.57 Å². The summed E-state index contributed by atoms with van der Waals surface area (Å²) in [6.07, 6.45) is 1.53. The van der Waals surface area contributed by atoms with E-state index in [1.54, 1.807) is 7.11 Å². The second-order valence-electron chi connectivity index (χ2n) is 4.09. The largest absolute Gasteiger partial charge is 0.497 e. The summed E-state index contributed by atoms with van der Waals surface area (Å²) in [4.78, 5) is 13.2. The Bertz CT molecular complexity index is 708. The predicted molar refractivity (Wildman–Crippen MR) is 81.9 cm³/mol. The Morgan fingerprint density at radius 3 is 2.48 bits per heavy atom. The molecule has 2 aromatic rings. The summed E-state index contributed by atoms with van der Waals surface area (Å²) in [6.45, 7) is 0. The van der Waals surface area contributed by atoms with Crippen molar-refractivity contribution >= 4 is 23.4 Å². The lowest BCUT2D eigenvalue weighted by molar-refractivity contribution is -0.135. The van der Waals surface area contributed by atoms with Crippen molar-refractivity contribution in [2.45, 2.75) is 0 Å². The number of carbonyl (C=O) groups excluding carboxylic acids is 1. The van der Waals surface area contributed by atoms with E-state index in [9.17, 15) is 4.79 Å². The lowest BCUT2D eigenvalue weighted by Gasteiger charge is -2.00. The van der Waals surface area contributed by atoms with Crippen LogP contribution in [-0.4, -0.2) is 20.2 Å². The molecule has 0 saturated carbocycles. The van der Waals surface area contributed by atoms with E-state index >= 15 is 0 Å². The SMILES string of the molecule is COC(=O)/C(C#N)=C/c1ccc(-c2ccc(OC)cc2)s1. The summed E-state index contributed by atoms with van der Waals surface area (Å²) in [7, 11) is 2.88. The van der Waals surface area contributed by atoms with Gasteiger partial charge < -0.3 is 9.47 Å². The molecule has 0 aliphatic rings. The Labute approximate surface area is 126 Å². The number of ether oxygens (including phenoxy) is 2. The number of rotatable bonds is 4. The first-order chi connectivity index (χ1) is 10.2. The van der Waals surface area contributed by atoms with Gasteiger partial charge in [-0.25, -0.2) is 4.79 Å². The van der Waals surface area contributed by atoms with Crippen molar-refractivity contribution in [1.82, 2.24) is 0 Å². The van der Waals surface area contributed by atoms with E-state index in [1.165, 1.54) is 24.5 Å². The molecule has 0 radical (unpaired) electrons. The molecule has 0 saturated heterocycles. The number of nitrogens with zero attached hydrogens (tertiary/aromatic N) is 1. The molecular formula is C16H13NO3S. The Kier molecular flexibility index (Phi) is 4.75. The summed E-state index contributed by atoms with van der Waals surface area (Å²) < 4.78 is 9.68. The van der Waals surface area contributed by atoms with Gasteiger partial charge in [-0.2, -0.15) is 5.26 Å². The average molecular weight is 299 g/mol. The van der Waals surface area contributed by atoms with Crippen molar-refractivity contribution in [3.8, 4) is 22.3 Å². The van der Waals surface area contributed by atoms with Crippen molar-refractivity contribution in [3.05, 3.63) is 46.8 Å². The fraction of sp³-hybridized carbons (Fsp3) is 0.125. The summed E-state index contributed by atoms with van der Waals surface area (Å²) in [5, 5.41) is 8.94. The minimum atomic E-state index is -0.628. The van der Waals surface area contributed by atoms with Crippen molar-refractivity contribution in [1.29, 1.82) is 5.26 Å². The maximum absolute atomic E-state index is 11.4. The smallest absolute Gasteiger partial charge is 0.348 e. The third-order valence-corrected chi connectivity index (χ3v) is 3.90. The second-order valence-corrected chi connectivity index (χ2v) is 5.21. The Hall–Kier alpha value is -2.58. The van der Waals surface area contributed by atoms with Gasteiger partial charge in [0.15, 0.2) is 0 Å². The molecule has 0 atom stereocenters. The Morgan fingerprint density at radius 1 is 1.19 bits per heavy atom. The van der Waals surface area contributed by atoms with Gasteiger partial charge in [0.1, 0.15) is 17.4 Å². The maximum Gasteiger partial charge on any atom is 0.348 e. The first-order valence-electron chi connectivity index (χ1n) is 6.12. The standard InChI is InChI=1S/C16H13NO3S/c1-19-13-5-3-11(4-6-13)15-8-7-14(21-15)9-12(10-17)16(18)20-2/h3-9H,1-2H3/b12-9+. The van der Waals surface area contributed by atoms with Gasteiger partial charge in [0, 0.05) is 9.75 Å². The van der Waals surface area contributed by atoms with Crippen LogP contribution in [0.3, 0.4) is 0 Å². The molecule has 0 fully saturated rings. The van der Waals surface area contributed by atoms with Gasteiger partial charge in [0.25, 0.3) is 0 Å². The van der Waals surface area contributed by atoms with Gasteiger partial charge in [-0.1, -0.05) is 0 Å². The summed E-state index contributed by atoms with van der Waals surface area (Å²) in [6, 6.07) is 13.4. The normalized spacial score (nSPS) is 10.8. The van der Waals surface area contributed by atoms with E-state index in [2.05, 4.69) is 4.74 Å². The number of nitriles is 1. The summed E-state index contributed by atoms with van der Waals surface area (Å²) >= 11 is 1.49. The lowest BCUT2D eigenvalue weighted by Crippen LogP contribution is -2.02. The average Bonchev–Trinajstić information content (AvgIpc) is 3.00. The van der Waals surface area contributed by atoms with Crippen molar-refractivity contribution < 1.29 is 14.3 Å². The van der Waals surface area contributed by atoms with Gasteiger partial charge in [-0.15, -0.1) is 11.3 Å². The number of benzene rings is 1. The molecule has 1 aromatic heterocycles. The van der Waals surface area contributed by atoms with Crippen LogP contribution < -0.4 is 4.74 Å². The van der Waals surface area contributed by atoms with Crippen LogP contribution in [0, 0.1) is 11.3 Å². The van der Waals surface area contributed by atoms with Crippen LogP contribution >= 0.6 is 11.3 Å². The molecule has 0 unspecified atom stereocenters. The third-order valence-electron chi connectivity index (χ3n) is 2.81. The zero-order valence-corrected chi connectivity index (χ0v) is 12.4. The maximum atomic E-state index is 11.4. The highest BCUT2D eigenvalue weighted by molar-refractivity contribution is 7.16. The van der Waals surface area contributed by atoms with Crippen LogP contribution in [-0.2, 0) is 9.53 Å². The van der Waals surface area contributed by atoms with Crippen LogP contribution in [0.2, 0.25) is 0 Å². The zero-order valence-electron chi connectivity index (χ0n) is 11.6. The van der Waals surface area contributed by atoms with E-state index in [0.717, 1.165) is 21.1 Å². The van der Waals surface area contributed by atoms with E-state index in [4.69, 9.17) is 10.00 Å². The monoisotopic (exact) mass is 299 g/mol.